The maximum atomic E-state index is 11.0. The summed E-state index contributed by atoms with van der Waals surface area (Å²) in [6.07, 6.45) is 7.19. The minimum Gasteiger partial charge on any atom is -0.478 e. The van der Waals surface area contributed by atoms with Crippen LogP contribution in [0.3, 0.4) is 0 Å². The predicted molar refractivity (Wildman–Crippen MR) is 78.7 cm³/mol. The van der Waals surface area contributed by atoms with E-state index in [-0.39, 0.29) is 0 Å². The Morgan fingerprint density at radius 2 is 1.84 bits per heavy atom. The van der Waals surface area contributed by atoms with Gasteiger partial charge in [0.1, 0.15) is 0 Å². The lowest BCUT2D eigenvalue weighted by Gasteiger charge is -2.07. The predicted octanol–water partition coefficient (Wildman–Crippen LogP) is 3.49. The fourth-order valence-corrected chi connectivity index (χ4v) is 2.15. The maximum Gasteiger partial charge on any atom is 0.335 e. The van der Waals surface area contributed by atoms with Gasteiger partial charge in [-0.1, -0.05) is 50.8 Å². The molecule has 0 aromatic heterocycles. The molecule has 0 atom stereocenters. The summed E-state index contributed by atoms with van der Waals surface area (Å²) in [4.78, 5) is 11.0. The third-order valence-corrected chi connectivity index (χ3v) is 3.28. The Kier molecular flexibility index (Phi) is 7.91. The van der Waals surface area contributed by atoms with Crippen molar-refractivity contribution in [1.82, 2.24) is 5.32 Å². The third-order valence-electron chi connectivity index (χ3n) is 3.28. The molecule has 0 aliphatic carbocycles. The van der Waals surface area contributed by atoms with Crippen molar-refractivity contribution >= 4 is 5.97 Å². The van der Waals surface area contributed by atoms with Crippen molar-refractivity contribution < 1.29 is 9.90 Å². The van der Waals surface area contributed by atoms with E-state index in [0.717, 1.165) is 25.1 Å². The first kappa shape index (κ1) is 15.7. The van der Waals surface area contributed by atoms with Crippen LogP contribution in [0.15, 0.2) is 24.3 Å². The first-order valence-corrected chi connectivity index (χ1v) is 7.27. The van der Waals surface area contributed by atoms with Gasteiger partial charge < -0.3 is 10.4 Å². The summed E-state index contributed by atoms with van der Waals surface area (Å²) in [5.41, 5.74) is 1.33. The fourth-order valence-electron chi connectivity index (χ4n) is 2.15. The summed E-state index contributed by atoms with van der Waals surface area (Å²) in [6.45, 7) is 4.09. The van der Waals surface area contributed by atoms with E-state index in [9.17, 15) is 4.79 Å². The van der Waals surface area contributed by atoms with Crippen molar-refractivity contribution in [3.63, 3.8) is 0 Å². The van der Waals surface area contributed by atoms with Crippen LogP contribution in [0.5, 0.6) is 0 Å². The second-order valence-electron chi connectivity index (χ2n) is 4.88. The minimum absolute atomic E-state index is 0.423. The van der Waals surface area contributed by atoms with Crippen LogP contribution in [0.25, 0.3) is 0 Å². The Morgan fingerprint density at radius 1 is 1.11 bits per heavy atom. The van der Waals surface area contributed by atoms with Crippen LogP contribution in [0.1, 0.15) is 54.9 Å². The SMILES string of the molecule is CCCCCCCNCCc1ccccc1C(=O)O. The van der Waals surface area contributed by atoms with Crippen molar-refractivity contribution in [1.29, 1.82) is 0 Å². The van der Waals surface area contributed by atoms with Gasteiger partial charge >= 0.3 is 5.97 Å². The highest BCUT2D eigenvalue weighted by molar-refractivity contribution is 5.89. The first-order valence-electron chi connectivity index (χ1n) is 7.27. The van der Waals surface area contributed by atoms with Crippen molar-refractivity contribution in [3.8, 4) is 0 Å². The summed E-state index contributed by atoms with van der Waals surface area (Å²) in [6, 6.07) is 7.23. The number of aromatic carboxylic acids is 1. The first-order chi connectivity index (χ1) is 9.25. The number of carboxylic acids is 1. The van der Waals surface area contributed by atoms with Gasteiger partial charge in [0.25, 0.3) is 0 Å². The number of hydrogen-bond acceptors (Lipinski definition) is 2. The average Bonchev–Trinajstić information content (AvgIpc) is 2.42. The molecule has 3 nitrogen and oxygen atoms in total. The number of carbonyl (C=O) groups is 1. The van der Waals surface area contributed by atoms with Crippen molar-refractivity contribution in [2.75, 3.05) is 13.1 Å². The van der Waals surface area contributed by atoms with Crippen LogP contribution < -0.4 is 5.32 Å². The number of hydrogen-bond donors (Lipinski definition) is 2. The fraction of sp³-hybridized carbons (Fsp3) is 0.562. The van der Waals surface area contributed by atoms with Crippen molar-refractivity contribution in [2.24, 2.45) is 0 Å². The van der Waals surface area contributed by atoms with Crippen LogP contribution in [-0.2, 0) is 6.42 Å². The molecule has 0 saturated heterocycles. The summed E-state index contributed by atoms with van der Waals surface area (Å²) in [7, 11) is 0. The summed E-state index contributed by atoms with van der Waals surface area (Å²) in [5.74, 6) is -0.838. The zero-order chi connectivity index (χ0) is 13.9. The Labute approximate surface area is 116 Å². The zero-order valence-corrected chi connectivity index (χ0v) is 11.8. The number of unbranched alkanes of at least 4 members (excludes halogenated alkanes) is 4. The molecule has 0 amide bonds. The average molecular weight is 263 g/mol. The molecule has 0 bridgehead atoms. The lowest BCUT2D eigenvalue weighted by atomic mass is 10.0. The Hall–Kier alpha value is -1.35. The van der Waals surface area contributed by atoms with Crippen LogP contribution in [0, 0.1) is 0 Å². The standard InChI is InChI=1S/C16H25NO2/c1-2-3-4-5-8-12-17-13-11-14-9-6-7-10-15(14)16(18)19/h6-7,9-10,17H,2-5,8,11-13H2,1H3,(H,18,19). The molecule has 19 heavy (non-hydrogen) atoms. The normalized spacial score (nSPS) is 10.6. The molecule has 1 aromatic carbocycles. The van der Waals surface area contributed by atoms with Gasteiger partial charge in [-0.25, -0.2) is 4.79 Å². The number of rotatable bonds is 10. The highest BCUT2D eigenvalue weighted by Gasteiger charge is 2.07. The summed E-state index contributed by atoms with van der Waals surface area (Å²) < 4.78 is 0. The topological polar surface area (TPSA) is 49.3 Å². The molecule has 0 saturated carbocycles. The lowest BCUT2D eigenvalue weighted by molar-refractivity contribution is 0.0695. The Bertz CT molecular complexity index is 377. The second kappa shape index (κ2) is 9.56. The molecule has 0 unspecified atom stereocenters. The van der Waals surface area contributed by atoms with Gasteiger partial charge in [0, 0.05) is 0 Å². The molecule has 3 heteroatoms. The van der Waals surface area contributed by atoms with Gasteiger partial charge in [0.15, 0.2) is 0 Å². The molecule has 2 N–H and O–H groups in total. The van der Waals surface area contributed by atoms with Gasteiger partial charge in [0.2, 0.25) is 0 Å². The third kappa shape index (κ3) is 6.39. The van der Waals surface area contributed by atoms with Gasteiger partial charge in [0.05, 0.1) is 5.56 Å². The van der Waals surface area contributed by atoms with Crippen molar-refractivity contribution in [3.05, 3.63) is 35.4 Å². The Morgan fingerprint density at radius 3 is 2.58 bits per heavy atom. The van der Waals surface area contributed by atoms with Crippen LogP contribution in [-0.4, -0.2) is 24.2 Å². The van der Waals surface area contributed by atoms with E-state index >= 15 is 0 Å². The van der Waals surface area contributed by atoms with Crippen LogP contribution in [0.4, 0.5) is 0 Å². The highest BCUT2D eigenvalue weighted by atomic mass is 16.4. The largest absolute Gasteiger partial charge is 0.478 e. The van der Waals surface area contributed by atoms with E-state index in [1.54, 1.807) is 12.1 Å². The number of nitrogens with one attached hydrogen (secondary N) is 1. The lowest BCUT2D eigenvalue weighted by Crippen LogP contribution is -2.19. The van der Waals surface area contributed by atoms with E-state index in [4.69, 9.17) is 5.11 Å². The zero-order valence-electron chi connectivity index (χ0n) is 11.8. The molecule has 1 rings (SSSR count). The van der Waals surface area contributed by atoms with Gasteiger partial charge in [-0.3, -0.25) is 0 Å². The monoisotopic (exact) mass is 263 g/mol. The molecule has 0 radical (unpaired) electrons. The molecule has 0 aliphatic heterocycles. The molecule has 1 aromatic rings. The number of carboxylic acid groups (broad SMARTS) is 1. The van der Waals surface area contributed by atoms with Crippen molar-refractivity contribution in [2.45, 2.75) is 45.4 Å². The quantitative estimate of drug-likeness (QED) is 0.635. The number of benzene rings is 1. The highest BCUT2D eigenvalue weighted by Crippen LogP contribution is 2.09. The van der Waals surface area contributed by atoms with E-state index in [2.05, 4.69) is 12.2 Å². The maximum absolute atomic E-state index is 11.0. The molecule has 0 heterocycles. The molecule has 0 spiro atoms. The second-order valence-corrected chi connectivity index (χ2v) is 4.88. The van der Waals surface area contributed by atoms with E-state index in [1.807, 2.05) is 12.1 Å². The van der Waals surface area contributed by atoms with E-state index < -0.39 is 5.97 Å². The molecule has 0 fully saturated rings. The molecular formula is C16H25NO2. The summed E-state index contributed by atoms with van der Waals surface area (Å²) in [5, 5.41) is 12.5. The van der Waals surface area contributed by atoms with Gasteiger partial charge in [-0.15, -0.1) is 0 Å². The molecular weight excluding hydrogens is 238 g/mol. The minimum atomic E-state index is -0.838. The smallest absolute Gasteiger partial charge is 0.335 e. The molecule has 0 aliphatic rings. The van der Waals surface area contributed by atoms with Gasteiger partial charge in [-0.2, -0.15) is 0 Å². The van der Waals surface area contributed by atoms with E-state index in [1.165, 1.54) is 32.1 Å². The summed E-state index contributed by atoms with van der Waals surface area (Å²) >= 11 is 0. The van der Waals surface area contributed by atoms with Crippen LogP contribution >= 0.6 is 0 Å². The van der Waals surface area contributed by atoms with Gasteiger partial charge in [-0.05, 0) is 37.6 Å². The van der Waals surface area contributed by atoms with Crippen LogP contribution in [0.2, 0.25) is 0 Å². The molecule has 106 valence electrons. The Balaban J connectivity index is 2.17. The van der Waals surface area contributed by atoms with E-state index in [0.29, 0.717) is 5.56 Å².